The van der Waals surface area contributed by atoms with Crippen molar-refractivity contribution in [2.45, 2.75) is 33.3 Å². The molecule has 2 rings (SSSR count). The van der Waals surface area contributed by atoms with Crippen LogP contribution < -0.4 is 10.9 Å². The zero-order valence-corrected chi connectivity index (χ0v) is 12.4. The first kappa shape index (κ1) is 15.2. The lowest BCUT2D eigenvalue weighted by Crippen LogP contribution is -2.27. The maximum atomic E-state index is 12.2. The van der Waals surface area contributed by atoms with Crippen molar-refractivity contribution < 1.29 is 13.9 Å². The van der Waals surface area contributed by atoms with E-state index >= 15 is 0 Å². The smallest absolute Gasteiger partial charge is 0.262 e. The molecule has 0 aliphatic heterocycles. The van der Waals surface area contributed by atoms with Gasteiger partial charge < -0.3 is 19.5 Å². The van der Waals surface area contributed by atoms with Crippen LogP contribution in [-0.4, -0.2) is 35.1 Å². The summed E-state index contributed by atoms with van der Waals surface area (Å²) in [4.78, 5) is 30.4. The third-order valence-electron chi connectivity index (χ3n) is 2.96. The van der Waals surface area contributed by atoms with Gasteiger partial charge in [-0.15, -0.1) is 0 Å². The topological polar surface area (TPSA) is 97.2 Å². The van der Waals surface area contributed by atoms with Gasteiger partial charge in [-0.1, -0.05) is 0 Å². The SMILES string of the molecule is Cc1oc2nc[nH]c(=O)c2c1C(=O)NCCCOC(C)C. The number of hydrogen-bond donors (Lipinski definition) is 2. The Morgan fingerprint density at radius 3 is 3.00 bits per heavy atom. The van der Waals surface area contributed by atoms with Crippen molar-refractivity contribution >= 4 is 17.0 Å². The molecule has 0 atom stereocenters. The number of fused-ring (bicyclic) bond motifs is 1. The average molecular weight is 293 g/mol. The standard InChI is InChI=1S/C14H19N3O4/c1-8(2)20-6-4-5-15-12(18)10-9(3)21-14-11(10)13(19)16-7-17-14/h7-8H,4-6H2,1-3H3,(H,15,18)(H,16,17,19). The average Bonchev–Trinajstić information content (AvgIpc) is 2.75. The largest absolute Gasteiger partial charge is 0.442 e. The Morgan fingerprint density at radius 1 is 1.52 bits per heavy atom. The van der Waals surface area contributed by atoms with E-state index in [-0.39, 0.29) is 34.2 Å². The maximum Gasteiger partial charge on any atom is 0.262 e. The van der Waals surface area contributed by atoms with E-state index < -0.39 is 0 Å². The second-order valence-corrected chi connectivity index (χ2v) is 4.97. The number of carbonyl (C=O) groups is 1. The Kier molecular flexibility index (Phi) is 4.74. The van der Waals surface area contributed by atoms with Crippen LogP contribution in [0, 0.1) is 6.92 Å². The molecule has 0 radical (unpaired) electrons. The van der Waals surface area contributed by atoms with Crippen LogP contribution in [0.1, 0.15) is 36.4 Å². The molecule has 0 bridgehead atoms. The summed E-state index contributed by atoms with van der Waals surface area (Å²) in [5.41, 5.74) is 0.0267. The summed E-state index contributed by atoms with van der Waals surface area (Å²) in [7, 11) is 0. The van der Waals surface area contributed by atoms with E-state index in [4.69, 9.17) is 9.15 Å². The van der Waals surface area contributed by atoms with Gasteiger partial charge in [0, 0.05) is 13.2 Å². The fraction of sp³-hybridized carbons (Fsp3) is 0.500. The molecule has 2 heterocycles. The molecular weight excluding hydrogens is 274 g/mol. The molecule has 2 aromatic heterocycles. The molecule has 0 unspecified atom stereocenters. The monoisotopic (exact) mass is 293 g/mol. The van der Waals surface area contributed by atoms with Crippen LogP contribution in [0.2, 0.25) is 0 Å². The number of aromatic nitrogens is 2. The minimum atomic E-state index is -0.384. The fourth-order valence-corrected chi connectivity index (χ4v) is 2.01. The minimum Gasteiger partial charge on any atom is -0.442 e. The van der Waals surface area contributed by atoms with Crippen molar-refractivity contribution in [1.29, 1.82) is 0 Å². The van der Waals surface area contributed by atoms with E-state index in [0.717, 1.165) is 0 Å². The van der Waals surface area contributed by atoms with E-state index in [1.54, 1.807) is 6.92 Å². The van der Waals surface area contributed by atoms with Crippen molar-refractivity contribution in [3.8, 4) is 0 Å². The number of carbonyl (C=O) groups excluding carboxylic acids is 1. The van der Waals surface area contributed by atoms with Gasteiger partial charge in [0.1, 0.15) is 11.1 Å². The van der Waals surface area contributed by atoms with Crippen molar-refractivity contribution in [2.75, 3.05) is 13.2 Å². The van der Waals surface area contributed by atoms with E-state index in [2.05, 4.69) is 15.3 Å². The number of nitrogens with zero attached hydrogens (tertiary/aromatic N) is 1. The highest BCUT2D eigenvalue weighted by Gasteiger charge is 2.21. The highest BCUT2D eigenvalue weighted by atomic mass is 16.5. The summed E-state index contributed by atoms with van der Waals surface area (Å²) < 4.78 is 10.7. The van der Waals surface area contributed by atoms with Gasteiger partial charge in [-0.05, 0) is 27.2 Å². The van der Waals surface area contributed by atoms with Crippen LogP contribution in [0.5, 0.6) is 0 Å². The second-order valence-electron chi connectivity index (χ2n) is 4.97. The van der Waals surface area contributed by atoms with Crippen LogP contribution in [0.3, 0.4) is 0 Å². The quantitative estimate of drug-likeness (QED) is 0.784. The molecule has 0 aromatic carbocycles. The zero-order valence-electron chi connectivity index (χ0n) is 12.4. The van der Waals surface area contributed by atoms with Gasteiger partial charge in [0.2, 0.25) is 5.71 Å². The number of hydrogen-bond acceptors (Lipinski definition) is 5. The van der Waals surface area contributed by atoms with Crippen LogP contribution in [0.15, 0.2) is 15.5 Å². The highest BCUT2D eigenvalue weighted by Crippen LogP contribution is 2.20. The number of nitrogens with one attached hydrogen (secondary N) is 2. The predicted octanol–water partition coefficient (Wildman–Crippen LogP) is 1.37. The first-order chi connectivity index (χ1) is 10.0. The first-order valence-corrected chi connectivity index (χ1v) is 6.87. The lowest BCUT2D eigenvalue weighted by Gasteiger charge is -2.08. The van der Waals surface area contributed by atoms with Crippen molar-refractivity contribution in [1.82, 2.24) is 15.3 Å². The van der Waals surface area contributed by atoms with E-state index in [1.807, 2.05) is 13.8 Å². The molecule has 114 valence electrons. The van der Waals surface area contributed by atoms with Gasteiger partial charge in [-0.25, -0.2) is 4.98 Å². The lowest BCUT2D eigenvalue weighted by molar-refractivity contribution is 0.0757. The Hall–Kier alpha value is -2.15. The van der Waals surface area contributed by atoms with E-state index in [1.165, 1.54) is 6.33 Å². The minimum absolute atomic E-state index is 0.171. The van der Waals surface area contributed by atoms with Gasteiger partial charge in [-0.2, -0.15) is 0 Å². The van der Waals surface area contributed by atoms with Crippen molar-refractivity contribution in [3.63, 3.8) is 0 Å². The molecule has 7 heteroatoms. The van der Waals surface area contributed by atoms with Gasteiger partial charge in [0.25, 0.3) is 11.5 Å². The summed E-state index contributed by atoms with van der Waals surface area (Å²) in [5, 5.41) is 2.95. The summed E-state index contributed by atoms with van der Waals surface area (Å²) in [6, 6.07) is 0. The molecule has 0 fully saturated rings. The number of rotatable bonds is 6. The number of ether oxygens (including phenoxy) is 1. The molecule has 0 saturated heterocycles. The molecule has 1 amide bonds. The van der Waals surface area contributed by atoms with Gasteiger partial charge in [0.15, 0.2) is 0 Å². The van der Waals surface area contributed by atoms with E-state index in [9.17, 15) is 9.59 Å². The molecule has 0 aliphatic rings. The van der Waals surface area contributed by atoms with E-state index in [0.29, 0.717) is 25.3 Å². The maximum absolute atomic E-state index is 12.2. The highest BCUT2D eigenvalue weighted by molar-refractivity contribution is 6.06. The number of H-pyrrole nitrogens is 1. The van der Waals surface area contributed by atoms with Gasteiger partial charge in [-0.3, -0.25) is 9.59 Å². The summed E-state index contributed by atoms with van der Waals surface area (Å²) in [6.07, 6.45) is 2.12. The molecule has 21 heavy (non-hydrogen) atoms. The fourth-order valence-electron chi connectivity index (χ4n) is 2.01. The summed E-state index contributed by atoms with van der Waals surface area (Å²) in [6.45, 7) is 6.59. The van der Waals surface area contributed by atoms with Crippen LogP contribution >= 0.6 is 0 Å². The molecule has 2 aromatic rings. The Bertz CT molecular complexity index is 687. The number of aromatic amines is 1. The van der Waals surface area contributed by atoms with Crippen LogP contribution in [0.25, 0.3) is 11.1 Å². The Morgan fingerprint density at radius 2 is 2.29 bits per heavy atom. The Labute approximate surface area is 121 Å². The van der Waals surface area contributed by atoms with Gasteiger partial charge in [0.05, 0.1) is 18.0 Å². The normalized spacial score (nSPS) is 11.2. The molecule has 0 aliphatic carbocycles. The van der Waals surface area contributed by atoms with Gasteiger partial charge >= 0.3 is 0 Å². The molecular formula is C14H19N3O4. The van der Waals surface area contributed by atoms with Crippen LogP contribution in [0.4, 0.5) is 0 Å². The van der Waals surface area contributed by atoms with Crippen LogP contribution in [-0.2, 0) is 4.74 Å². The number of furan rings is 1. The lowest BCUT2D eigenvalue weighted by atomic mass is 10.2. The predicted molar refractivity (Wildman–Crippen MR) is 77.4 cm³/mol. The second kappa shape index (κ2) is 6.53. The summed E-state index contributed by atoms with van der Waals surface area (Å²) >= 11 is 0. The molecule has 7 nitrogen and oxygen atoms in total. The molecule has 0 saturated carbocycles. The number of aryl methyl sites for hydroxylation is 1. The molecule has 2 N–H and O–H groups in total. The number of amides is 1. The third kappa shape index (κ3) is 3.49. The van der Waals surface area contributed by atoms with Crippen molar-refractivity contribution in [2.24, 2.45) is 0 Å². The third-order valence-corrected chi connectivity index (χ3v) is 2.96. The first-order valence-electron chi connectivity index (χ1n) is 6.87. The molecule has 0 spiro atoms. The zero-order chi connectivity index (χ0) is 15.4. The van der Waals surface area contributed by atoms with Crippen molar-refractivity contribution in [3.05, 3.63) is 28.0 Å². The Balaban J connectivity index is 2.06. The summed E-state index contributed by atoms with van der Waals surface area (Å²) in [5.74, 6) is 0.0411.